The third-order valence-corrected chi connectivity index (χ3v) is 4.91. The van der Waals surface area contributed by atoms with Crippen molar-refractivity contribution in [1.29, 1.82) is 0 Å². The van der Waals surface area contributed by atoms with Gasteiger partial charge in [0.25, 0.3) is 0 Å². The molecule has 0 saturated heterocycles. The minimum Gasteiger partial charge on any atom is -0.330 e. The van der Waals surface area contributed by atoms with E-state index in [-0.39, 0.29) is 11.8 Å². The van der Waals surface area contributed by atoms with Crippen molar-refractivity contribution in [2.75, 3.05) is 12.3 Å². The molecule has 0 aliphatic heterocycles. The summed E-state index contributed by atoms with van der Waals surface area (Å²) < 4.78 is 26.1. The summed E-state index contributed by atoms with van der Waals surface area (Å²) in [7, 11) is -3.10. The fourth-order valence-electron chi connectivity index (χ4n) is 2.27. The SMILES string of the molecule is CCC1CCC(NS(=O)(=O)CCCN)CC1. The second-order valence-electron chi connectivity index (χ2n) is 4.70. The van der Waals surface area contributed by atoms with E-state index in [1.165, 1.54) is 6.42 Å². The summed E-state index contributed by atoms with van der Waals surface area (Å²) in [5, 5.41) is 0. The number of hydrogen-bond acceptors (Lipinski definition) is 3. The predicted molar refractivity (Wildman–Crippen MR) is 66.6 cm³/mol. The van der Waals surface area contributed by atoms with Crippen molar-refractivity contribution in [2.24, 2.45) is 11.7 Å². The van der Waals surface area contributed by atoms with Gasteiger partial charge in [0.2, 0.25) is 10.0 Å². The molecule has 1 saturated carbocycles. The molecule has 0 heterocycles. The van der Waals surface area contributed by atoms with Gasteiger partial charge in [0.05, 0.1) is 5.75 Å². The smallest absolute Gasteiger partial charge is 0.211 e. The summed E-state index contributed by atoms with van der Waals surface area (Å²) in [6.45, 7) is 2.64. The van der Waals surface area contributed by atoms with Crippen LogP contribution in [0.1, 0.15) is 45.4 Å². The molecule has 0 aromatic heterocycles. The Bertz CT molecular complexity index is 282. The number of hydrogen-bond donors (Lipinski definition) is 2. The highest BCUT2D eigenvalue weighted by Crippen LogP contribution is 2.26. The van der Waals surface area contributed by atoms with E-state index in [1.807, 2.05) is 0 Å². The Morgan fingerprint density at radius 1 is 1.25 bits per heavy atom. The van der Waals surface area contributed by atoms with Crippen molar-refractivity contribution < 1.29 is 8.42 Å². The molecule has 0 bridgehead atoms. The van der Waals surface area contributed by atoms with Crippen LogP contribution >= 0.6 is 0 Å². The van der Waals surface area contributed by atoms with Gasteiger partial charge in [0.1, 0.15) is 0 Å². The maximum absolute atomic E-state index is 11.6. The predicted octanol–water partition coefficient (Wildman–Crippen LogP) is 1.22. The zero-order valence-electron chi connectivity index (χ0n) is 10.1. The van der Waals surface area contributed by atoms with Gasteiger partial charge in [-0.3, -0.25) is 0 Å². The van der Waals surface area contributed by atoms with Crippen LogP contribution in [0, 0.1) is 5.92 Å². The summed E-state index contributed by atoms with van der Waals surface area (Å²) in [6.07, 6.45) is 6.04. The van der Waals surface area contributed by atoms with Gasteiger partial charge in [0, 0.05) is 6.04 Å². The molecule has 0 aromatic rings. The van der Waals surface area contributed by atoms with Crippen LogP contribution in [0.4, 0.5) is 0 Å². The van der Waals surface area contributed by atoms with Crippen LogP contribution in [0.25, 0.3) is 0 Å². The standard InChI is InChI=1S/C11H24N2O2S/c1-2-10-4-6-11(7-5-10)13-16(14,15)9-3-8-12/h10-11,13H,2-9,12H2,1H3. The molecule has 0 unspecified atom stereocenters. The molecule has 16 heavy (non-hydrogen) atoms. The number of sulfonamides is 1. The fraction of sp³-hybridized carbons (Fsp3) is 1.00. The Balaban J connectivity index is 2.32. The van der Waals surface area contributed by atoms with Crippen molar-refractivity contribution >= 4 is 10.0 Å². The number of nitrogens with one attached hydrogen (secondary N) is 1. The maximum atomic E-state index is 11.6. The summed E-state index contributed by atoms with van der Waals surface area (Å²) in [5.74, 6) is 0.960. The minimum absolute atomic E-state index is 0.158. The second kappa shape index (κ2) is 6.57. The zero-order valence-corrected chi connectivity index (χ0v) is 10.9. The lowest BCUT2D eigenvalue weighted by atomic mass is 9.85. The molecule has 3 N–H and O–H groups in total. The van der Waals surface area contributed by atoms with E-state index < -0.39 is 10.0 Å². The molecule has 0 aromatic carbocycles. The first-order valence-electron chi connectivity index (χ1n) is 6.27. The molecule has 1 rings (SSSR count). The van der Waals surface area contributed by atoms with Crippen LogP contribution < -0.4 is 10.5 Å². The third kappa shape index (κ3) is 4.80. The van der Waals surface area contributed by atoms with E-state index in [1.54, 1.807) is 0 Å². The van der Waals surface area contributed by atoms with Gasteiger partial charge in [-0.05, 0) is 44.6 Å². The van der Waals surface area contributed by atoms with Gasteiger partial charge < -0.3 is 5.73 Å². The second-order valence-corrected chi connectivity index (χ2v) is 6.58. The van der Waals surface area contributed by atoms with Crippen LogP contribution in [-0.2, 0) is 10.0 Å². The Kier molecular flexibility index (Phi) is 5.72. The van der Waals surface area contributed by atoms with E-state index in [2.05, 4.69) is 11.6 Å². The summed E-state index contributed by atoms with van der Waals surface area (Å²) in [6, 6.07) is 0.158. The average Bonchev–Trinajstić information content (AvgIpc) is 2.27. The molecule has 0 spiro atoms. The zero-order chi connectivity index (χ0) is 12.0. The molecule has 0 radical (unpaired) electrons. The van der Waals surface area contributed by atoms with Crippen molar-refractivity contribution in [3.8, 4) is 0 Å². The van der Waals surface area contributed by atoms with Crippen molar-refractivity contribution in [3.05, 3.63) is 0 Å². The minimum atomic E-state index is -3.10. The highest BCUT2D eigenvalue weighted by atomic mass is 32.2. The van der Waals surface area contributed by atoms with Gasteiger partial charge in [-0.15, -0.1) is 0 Å². The first-order chi connectivity index (χ1) is 7.57. The molecule has 1 fully saturated rings. The van der Waals surface area contributed by atoms with Crippen LogP contribution in [0.2, 0.25) is 0 Å². The maximum Gasteiger partial charge on any atom is 0.211 e. The first-order valence-corrected chi connectivity index (χ1v) is 7.92. The van der Waals surface area contributed by atoms with Crippen LogP contribution in [0.15, 0.2) is 0 Å². The fourth-order valence-corrected chi connectivity index (χ4v) is 3.68. The molecule has 4 nitrogen and oxygen atoms in total. The Morgan fingerprint density at radius 2 is 1.88 bits per heavy atom. The van der Waals surface area contributed by atoms with E-state index >= 15 is 0 Å². The van der Waals surface area contributed by atoms with E-state index in [9.17, 15) is 8.42 Å². The number of nitrogens with two attached hydrogens (primary N) is 1. The quantitative estimate of drug-likeness (QED) is 0.742. The lowest BCUT2D eigenvalue weighted by Gasteiger charge is -2.28. The normalized spacial score (nSPS) is 26.9. The van der Waals surface area contributed by atoms with Crippen molar-refractivity contribution in [1.82, 2.24) is 4.72 Å². The van der Waals surface area contributed by atoms with E-state index in [0.717, 1.165) is 31.6 Å². The van der Waals surface area contributed by atoms with Crippen LogP contribution in [-0.4, -0.2) is 26.8 Å². The average molecular weight is 248 g/mol. The van der Waals surface area contributed by atoms with Gasteiger partial charge >= 0.3 is 0 Å². The lowest BCUT2D eigenvalue weighted by molar-refractivity contribution is 0.306. The van der Waals surface area contributed by atoms with Gasteiger partial charge in [0.15, 0.2) is 0 Å². The summed E-state index contributed by atoms with van der Waals surface area (Å²) >= 11 is 0. The van der Waals surface area contributed by atoms with Crippen molar-refractivity contribution in [3.63, 3.8) is 0 Å². The van der Waals surface area contributed by atoms with Gasteiger partial charge in [-0.1, -0.05) is 13.3 Å². The monoisotopic (exact) mass is 248 g/mol. The molecular formula is C11H24N2O2S. The van der Waals surface area contributed by atoms with Crippen LogP contribution in [0.3, 0.4) is 0 Å². The highest BCUT2D eigenvalue weighted by Gasteiger charge is 2.23. The third-order valence-electron chi connectivity index (χ3n) is 3.39. The van der Waals surface area contributed by atoms with Crippen molar-refractivity contribution in [2.45, 2.75) is 51.5 Å². The summed E-state index contributed by atoms with van der Waals surface area (Å²) in [5.41, 5.74) is 5.31. The molecule has 0 atom stereocenters. The largest absolute Gasteiger partial charge is 0.330 e. The molecular weight excluding hydrogens is 224 g/mol. The first kappa shape index (κ1) is 13.9. The van der Waals surface area contributed by atoms with Crippen LogP contribution in [0.5, 0.6) is 0 Å². The topological polar surface area (TPSA) is 72.2 Å². The Morgan fingerprint density at radius 3 is 2.38 bits per heavy atom. The van der Waals surface area contributed by atoms with Gasteiger partial charge in [-0.2, -0.15) is 0 Å². The molecule has 0 amide bonds. The molecule has 5 heteroatoms. The molecule has 1 aliphatic rings. The Labute approximate surface area is 99.0 Å². The highest BCUT2D eigenvalue weighted by molar-refractivity contribution is 7.89. The lowest BCUT2D eigenvalue weighted by Crippen LogP contribution is -2.39. The van der Waals surface area contributed by atoms with E-state index in [0.29, 0.717) is 13.0 Å². The Hall–Kier alpha value is -0.130. The molecule has 1 aliphatic carbocycles. The van der Waals surface area contributed by atoms with Gasteiger partial charge in [-0.25, -0.2) is 13.1 Å². The summed E-state index contributed by atoms with van der Waals surface area (Å²) in [4.78, 5) is 0. The number of rotatable bonds is 6. The van der Waals surface area contributed by atoms with E-state index in [4.69, 9.17) is 5.73 Å². The molecule has 96 valence electrons.